The van der Waals surface area contributed by atoms with Crippen LogP contribution >= 0.6 is 23.2 Å². The molecule has 0 aliphatic heterocycles. The van der Waals surface area contributed by atoms with Gasteiger partial charge in [-0.05, 0) is 23.8 Å². The third-order valence-corrected chi connectivity index (χ3v) is 3.21. The van der Waals surface area contributed by atoms with Crippen LogP contribution in [0.15, 0.2) is 41.2 Å². The van der Waals surface area contributed by atoms with Crippen LogP contribution < -0.4 is 5.56 Å². The topological polar surface area (TPSA) is 22.0 Å². The van der Waals surface area contributed by atoms with E-state index in [0.717, 1.165) is 11.3 Å². The number of pyridine rings is 1. The minimum atomic E-state index is -0.0625. The van der Waals surface area contributed by atoms with E-state index in [9.17, 15) is 4.79 Å². The van der Waals surface area contributed by atoms with Gasteiger partial charge in [-0.25, -0.2) is 0 Å². The quantitative estimate of drug-likeness (QED) is 0.765. The first-order valence-corrected chi connectivity index (χ1v) is 6.05. The van der Waals surface area contributed by atoms with Gasteiger partial charge < -0.3 is 4.57 Å². The van der Waals surface area contributed by atoms with Gasteiger partial charge in [-0.3, -0.25) is 4.79 Å². The van der Waals surface area contributed by atoms with E-state index in [0.29, 0.717) is 10.6 Å². The molecule has 0 amide bonds. The lowest BCUT2D eigenvalue weighted by molar-refractivity contribution is 0.856. The van der Waals surface area contributed by atoms with E-state index in [1.54, 1.807) is 29.8 Å². The number of nitrogens with zero attached hydrogens (tertiary/aromatic N) is 1. The van der Waals surface area contributed by atoms with Crippen LogP contribution in [0, 0.1) is 0 Å². The molecule has 1 aromatic carbocycles. The zero-order valence-corrected chi connectivity index (χ0v) is 10.8. The van der Waals surface area contributed by atoms with Gasteiger partial charge in [0.15, 0.2) is 0 Å². The van der Waals surface area contributed by atoms with Crippen molar-refractivity contribution in [3.05, 3.63) is 57.3 Å². The summed E-state index contributed by atoms with van der Waals surface area (Å²) in [5, 5.41) is 0.677. The Morgan fingerprint density at radius 1 is 1.12 bits per heavy atom. The Kier molecular flexibility index (Phi) is 3.55. The summed E-state index contributed by atoms with van der Waals surface area (Å²) >= 11 is 11.5. The van der Waals surface area contributed by atoms with Crippen LogP contribution in [0.1, 0.15) is 5.56 Å². The number of benzene rings is 1. The molecule has 0 fully saturated rings. The Morgan fingerprint density at radius 2 is 1.76 bits per heavy atom. The van der Waals surface area contributed by atoms with E-state index in [1.165, 1.54) is 0 Å². The summed E-state index contributed by atoms with van der Waals surface area (Å²) in [6.45, 7) is 0. The van der Waals surface area contributed by atoms with Crippen molar-refractivity contribution in [1.29, 1.82) is 0 Å². The Bertz CT molecular complexity index is 587. The van der Waals surface area contributed by atoms with Crippen LogP contribution in [0.5, 0.6) is 0 Å². The summed E-state index contributed by atoms with van der Waals surface area (Å²) < 4.78 is 1.60. The normalized spacial score (nSPS) is 10.5. The highest BCUT2D eigenvalue weighted by molar-refractivity contribution is 6.30. The Balaban J connectivity index is 2.57. The first-order valence-electron chi connectivity index (χ1n) is 5.14. The number of alkyl halides is 1. The van der Waals surface area contributed by atoms with Crippen molar-refractivity contribution < 1.29 is 0 Å². The smallest absolute Gasteiger partial charge is 0.255 e. The maximum absolute atomic E-state index is 11.9. The third kappa shape index (κ3) is 2.38. The molecular weight excluding hydrogens is 257 g/mol. The second-order valence-corrected chi connectivity index (χ2v) is 4.45. The van der Waals surface area contributed by atoms with Crippen molar-refractivity contribution in [2.24, 2.45) is 7.05 Å². The van der Waals surface area contributed by atoms with E-state index in [-0.39, 0.29) is 11.4 Å². The number of hydrogen-bond donors (Lipinski definition) is 0. The van der Waals surface area contributed by atoms with Gasteiger partial charge in [0.05, 0.1) is 11.6 Å². The molecule has 0 spiro atoms. The molecule has 1 heterocycles. The summed E-state index contributed by atoms with van der Waals surface area (Å²) in [5.74, 6) is 0.230. The largest absolute Gasteiger partial charge is 0.311 e. The molecule has 17 heavy (non-hydrogen) atoms. The molecule has 88 valence electrons. The van der Waals surface area contributed by atoms with Gasteiger partial charge in [-0.15, -0.1) is 11.6 Å². The molecule has 0 atom stereocenters. The van der Waals surface area contributed by atoms with Crippen LogP contribution in [0.2, 0.25) is 5.02 Å². The third-order valence-electron chi connectivity index (χ3n) is 2.67. The molecule has 0 bridgehead atoms. The van der Waals surface area contributed by atoms with Crippen molar-refractivity contribution in [3.8, 4) is 11.3 Å². The molecule has 0 saturated heterocycles. The van der Waals surface area contributed by atoms with Crippen molar-refractivity contribution in [2.45, 2.75) is 5.88 Å². The zero-order valence-electron chi connectivity index (χ0n) is 9.28. The fraction of sp³-hybridized carbons (Fsp3) is 0.154. The van der Waals surface area contributed by atoms with E-state index < -0.39 is 0 Å². The predicted octanol–water partition coefficient (Wildman–Crippen LogP) is 3.44. The molecular formula is C13H11Cl2NO. The SMILES string of the molecule is Cn1c(-c2ccc(Cl)cc2)ccc(CCl)c1=O. The average Bonchev–Trinajstić information content (AvgIpc) is 2.34. The molecule has 0 N–H and O–H groups in total. The summed E-state index contributed by atoms with van der Waals surface area (Å²) in [6, 6.07) is 11.0. The summed E-state index contributed by atoms with van der Waals surface area (Å²) in [5.41, 5.74) is 2.34. The van der Waals surface area contributed by atoms with Crippen molar-refractivity contribution in [3.63, 3.8) is 0 Å². The van der Waals surface area contributed by atoms with Gasteiger partial charge in [0.1, 0.15) is 0 Å². The maximum atomic E-state index is 11.9. The molecule has 0 unspecified atom stereocenters. The minimum Gasteiger partial charge on any atom is -0.311 e. The van der Waals surface area contributed by atoms with Gasteiger partial charge in [-0.2, -0.15) is 0 Å². The molecule has 2 rings (SSSR count). The van der Waals surface area contributed by atoms with Crippen molar-refractivity contribution >= 4 is 23.2 Å². The lowest BCUT2D eigenvalue weighted by atomic mass is 10.1. The highest BCUT2D eigenvalue weighted by Crippen LogP contribution is 2.20. The fourth-order valence-electron chi connectivity index (χ4n) is 1.70. The molecule has 2 aromatic rings. The highest BCUT2D eigenvalue weighted by atomic mass is 35.5. The number of halogens is 2. The van der Waals surface area contributed by atoms with Crippen LogP contribution in [0.4, 0.5) is 0 Å². The lowest BCUT2D eigenvalue weighted by Crippen LogP contribution is -2.21. The van der Waals surface area contributed by atoms with E-state index in [4.69, 9.17) is 23.2 Å². The Hall–Kier alpha value is -1.25. The minimum absolute atomic E-state index is 0.0625. The van der Waals surface area contributed by atoms with Crippen molar-refractivity contribution in [1.82, 2.24) is 4.57 Å². The van der Waals surface area contributed by atoms with Crippen molar-refractivity contribution in [2.75, 3.05) is 0 Å². The second-order valence-electron chi connectivity index (χ2n) is 3.75. The lowest BCUT2D eigenvalue weighted by Gasteiger charge is -2.09. The Morgan fingerprint density at radius 3 is 2.35 bits per heavy atom. The summed E-state index contributed by atoms with van der Waals surface area (Å²) in [6.07, 6.45) is 0. The van der Waals surface area contributed by atoms with Crippen LogP contribution in [0.3, 0.4) is 0 Å². The first-order chi connectivity index (χ1) is 8.13. The van der Waals surface area contributed by atoms with E-state index in [2.05, 4.69) is 0 Å². The number of aromatic nitrogens is 1. The van der Waals surface area contributed by atoms with Gasteiger partial charge in [-0.1, -0.05) is 29.8 Å². The molecule has 2 nitrogen and oxygen atoms in total. The fourth-order valence-corrected chi connectivity index (χ4v) is 2.03. The monoisotopic (exact) mass is 267 g/mol. The first kappa shape index (κ1) is 12.2. The van der Waals surface area contributed by atoms with Crippen LogP contribution in [-0.4, -0.2) is 4.57 Å². The van der Waals surface area contributed by atoms with Gasteiger partial charge >= 0.3 is 0 Å². The molecule has 4 heteroatoms. The van der Waals surface area contributed by atoms with E-state index >= 15 is 0 Å². The standard InChI is InChI=1S/C13H11Cl2NO/c1-16-12(7-4-10(8-14)13(16)17)9-2-5-11(15)6-3-9/h2-7H,8H2,1H3. The van der Waals surface area contributed by atoms with Crippen LogP contribution in [-0.2, 0) is 12.9 Å². The Labute approximate surface area is 109 Å². The number of rotatable bonds is 2. The molecule has 0 saturated carbocycles. The summed E-state index contributed by atoms with van der Waals surface area (Å²) in [4.78, 5) is 11.9. The second kappa shape index (κ2) is 4.94. The predicted molar refractivity (Wildman–Crippen MR) is 71.7 cm³/mol. The van der Waals surface area contributed by atoms with Gasteiger partial charge in [0, 0.05) is 17.6 Å². The number of hydrogen-bond acceptors (Lipinski definition) is 1. The molecule has 0 aliphatic carbocycles. The van der Waals surface area contributed by atoms with E-state index in [1.807, 2.05) is 18.2 Å². The van der Waals surface area contributed by atoms with Gasteiger partial charge in [0.2, 0.25) is 0 Å². The molecule has 0 aliphatic rings. The molecule has 0 radical (unpaired) electrons. The molecule has 1 aromatic heterocycles. The highest BCUT2D eigenvalue weighted by Gasteiger charge is 2.06. The van der Waals surface area contributed by atoms with Gasteiger partial charge in [0.25, 0.3) is 5.56 Å². The summed E-state index contributed by atoms with van der Waals surface area (Å²) in [7, 11) is 1.74. The van der Waals surface area contributed by atoms with Crippen LogP contribution in [0.25, 0.3) is 11.3 Å². The maximum Gasteiger partial charge on any atom is 0.255 e. The zero-order chi connectivity index (χ0) is 12.4. The average molecular weight is 268 g/mol.